The number of nitrogens with zero attached hydrogens (tertiary/aromatic N) is 1. The lowest BCUT2D eigenvalue weighted by molar-refractivity contribution is -0.144. The Labute approximate surface area is 121 Å². The molecule has 0 aliphatic carbocycles. The number of aliphatic carboxylic acids is 1. The quantitative estimate of drug-likeness (QED) is 0.849. The van der Waals surface area contributed by atoms with Crippen molar-refractivity contribution < 1.29 is 18.3 Å². The highest BCUT2D eigenvalue weighted by Gasteiger charge is 2.34. The fraction of sp³-hybridized carbons (Fsp3) is 0.929. The van der Waals surface area contributed by atoms with Gasteiger partial charge in [-0.15, -0.1) is 0 Å². The highest BCUT2D eigenvalue weighted by atomic mass is 32.2. The van der Waals surface area contributed by atoms with Crippen LogP contribution < -0.4 is 0 Å². The standard InChI is InChI=1S/C14H25NO4S/c16-14(17)13(11-15-7-3-1-2-4-8-15)12-5-9-20(18,19)10-6-12/h12-13H,1-11H2,(H,16,17). The van der Waals surface area contributed by atoms with Crippen LogP contribution in [-0.2, 0) is 14.6 Å². The van der Waals surface area contributed by atoms with Crippen molar-refractivity contribution in [2.24, 2.45) is 11.8 Å². The molecule has 1 unspecified atom stereocenters. The summed E-state index contributed by atoms with van der Waals surface area (Å²) in [5, 5.41) is 9.48. The second-order valence-electron chi connectivity index (χ2n) is 6.15. The molecule has 0 aromatic carbocycles. The third kappa shape index (κ3) is 4.45. The van der Waals surface area contributed by atoms with E-state index in [4.69, 9.17) is 0 Å². The van der Waals surface area contributed by atoms with Crippen molar-refractivity contribution in [3.8, 4) is 0 Å². The molecular weight excluding hydrogens is 278 g/mol. The zero-order valence-corrected chi connectivity index (χ0v) is 12.8. The Hall–Kier alpha value is -0.620. The van der Waals surface area contributed by atoms with E-state index in [1.807, 2.05) is 0 Å². The summed E-state index contributed by atoms with van der Waals surface area (Å²) in [6.45, 7) is 2.55. The number of sulfone groups is 1. The summed E-state index contributed by atoms with van der Waals surface area (Å²) >= 11 is 0. The van der Waals surface area contributed by atoms with Crippen LogP contribution in [0.2, 0.25) is 0 Å². The molecule has 2 aliphatic rings. The summed E-state index contributed by atoms with van der Waals surface area (Å²) in [5.74, 6) is -0.857. The molecule has 1 N–H and O–H groups in total. The van der Waals surface area contributed by atoms with Crippen molar-refractivity contribution in [2.45, 2.75) is 38.5 Å². The Balaban J connectivity index is 1.94. The molecule has 5 nitrogen and oxygen atoms in total. The molecule has 2 heterocycles. The zero-order chi connectivity index (χ0) is 14.6. The minimum absolute atomic E-state index is 0.0132. The molecule has 2 aliphatic heterocycles. The number of hydrogen-bond acceptors (Lipinski definition) is 4. The van der Waals surface area contributed by atoms with Gasteiger partial charge in [0.15, 0.2) is 0 Å². The number of carboxylic acid groups (broad SMARTS) is 1. The van der Waals surface area contributed by atoms with Gasteiger partial charge in [0.05, 0.1) is 17.4 Å². The number of hydrogen-bond donors (Lipinski definition) is 1. The van der Waals surface area contributed by atoms with E-state index in [0.29, 0.717) is 19.4 Å². The molecule has 0 amide bonds. The van der Waals surface area contributed by atoms with Crippen molar-refractivity contribution in [3.63, 3.8) is 0 Å². The van der Waals surface area contributed by atoms with Crippen molar-refractivity contribution >= 4 is 15.8 Å². The predicted molar refractivity (Wildman–Crippen MR) is 77.4 cm³/mol. The topological polar surface area (TPSA) is 74.7 Å². The van der Waals surface area contributed by atoms with Crippen LogP contribution in [0.5, 0.6) is 0 Å². The first kappa shape index (κ1) is 15.8. The molecule has 2 saturated heterocycles. The Morgan fingerprint density at radius 3 is 2.15 bits per heavy atom. The van der Waals surface area contributed by atoms with Gasteiger partial charge < -0.3 is 10.0 Å². The normalized spacial score (nSPS) is 26.8. The highest BCUT2D eigenvalue weighted by molar-refractivity contribution is 7.91. The van der Waals surface area contributed by atoms with Crippen molar-refractivity contribution in [1.29, 1.82) is 0 Å². The van der Waals surface area contributed by atoms with Gasteiger partial charge in [0.1, 0.15) is 9.84 Å². The fourth-order valence-electron chi connectivity index (χ4n) is 3.34. The van der Waals surface area contributed by atoms with Gasteiger partial charge in [-0.1, -0.05) is 12.8 Å². The van der Waals surface area contributed by atoms with Crippen molar-refractivity contribution in [1.82, 2.24) is 4.90 Å². The van der Waals surface area contributed by atoms with Crippen LogP contribution in [0, 0.1) is 11.8 Å². The van der Waals surface area contributed by atoms with Gasteiger partial charge in [-0.05, 0) is 44.7 Å². The van der Waals surface area contributed by atoms with Crippen molar-refractivity contribution in [3.05, 3.63) is 0 Å². The van der Waals surface area contributed by atoms with E-state index >= 15 is 0 Å². The minimum atomic E-state index is -2.92. The van der Waals surface area contributed by atoms with E-state index in [9.17, 15) is 18.3 Å². The van der Waals surface area contributed by atoms with Gasteiger partial charge >= 0.3 is 5.97 Å². The summed E-state index contributed by atoms with van der Waals surface area (Å²) in [7, 11) is -2.92. The SMILES string of the molecule is O=C(O)C(CN1CCCCCC1)C1CCS(=O)(=O)CC1. The van der Waals surface area contributed by atoms with Gasteiger partial charge in [0, 0.05) is 6.54 Å². The van der Waals surface area contributed by atoms with E-state index in [1.165, 1.54) is 12.8 Å². The van der Waals surface area contributed by atoms with Gasteiger partial charge in [-0.3, -0.25) is 4.79 Å². The van der Waals surface area contributed by atoms with Crippen LogP contribution in [0.3, 0.4) is 0 Å². The van der Waals surface area contributed by atoms with Crippen molar-refractivity contribution in [2.75, 3.05) is 31.1 Å². The first-order valence-electron chi connectivity index (χ1n) is 7.63. The summed E-state index contributed by atoms with van der Waals surface area (Å²) in [6, 6.07) is 0. The molecule has 116 valence electrons. The van der Waals surface area contributed by atoms with Crippen LogP contribution in [0.15, 0.2) is 0 Å². The Morgan fingerprint density at radius 2 is 1.65 bits per heavy atom. The number of likely N-dealkylation sites (tertiary alicyclic amines) is 1. The number of rotatable bonds is 4. The monoisotopic (exact) mass is 303 g/mol. The molecule has 0 spiro atoms. The van der Waals surface area contributed by atoms with E-state index < -0.39 is 21.7 Å². The molecule has 0 radical (unpaired) electrons. The van der Waals surface area contributed by atoms with Gasteiger partial charge in [0.25, 0.3) is 0 Å². The van der Waals surface area contributed by atoms with E-state index in [0.717, 1.165) is 25.9 Å². The highest BCUT2D eigenvalue weighted by Crippen LogP contribution is 2.28. The summed E-state index contributed by atoms with van der Waals surface area (Å²) in [4.78, 5) is 13.8. The van der Waals surface area contributed by atoms with Crippen LogP contribution in [0.25, 0.3) is 0 Å². The number of carboxylic acids is 1. The molecule has 2 rings (SSSR count). The molecule has 0 saturated carbocycles. The minimum Gasteiger partial charge on any atom is -0.481 e. The molecule has 0 bridgehead atoms. The van der Waals surface area contributed by atoms with Gasteiger partial charge in [-0.2, -0.15) is 0 Å². The lowest BCUT2D eigenvalue weighted by atomic mass is 9.87. The maximum atomic E-state index is 11.5. The van der Waals surface area contributed by atoms with Gasteiger partial charge in [0.2, 0.25) is 0 Å². The first-order chi connectivity index (χ1) is 9.48. The Kier molecular flexibility index (Phi) is 5.43. The third-order valence-corrected chi connectivity index (χ3v) is 6.35. The molecule has 0 aromatic heterocycles. The summed E-state index contributed by atoms with van der Waals surface area (Å²) in [6.07, 6.45) is 5.77. The van der Waals surface area contributed by atoms with Crippen LogP contribution >= 0.6 is 0 Å². The largest absolute Gasteiger partial charge is 0.481 e. The molecule has 6 heteroatoms. The molecule has 2 fully saturated rings. The van der Waals surface area contributed by atoms with E-state index in [2.05, 4.69) is 4.90 Å². The van der Waals surface area contributed by atoms with Crippen LogP contribution in [-0.4, -0.2) is 55.5 Å². The molecule has 20 heavy (non-hydrogen) atoms. The summed E-state index contributed by atoms with van der Waals surface area (Å²) < 4.78 is 22.9. The fourth-order valence-corrected chi connectivity index (χ4v) is 4.86. The average molecular weight is 303 g/mol. The maximum absolute atomic E-state index is 11.5. The number of carbonyl (C=O) groups is 1. The first-order valence-corrected chi connectivity index (χ1v) is 9.46. The second kappa shape index (κ2) is 6.89. The predicted octanol–water partition coefficient (Wildman–Crippen LogP) is 1.39. The summed E-state index contributed by atoms with van der Waals surface area (Å²) in [5.41, 5.74) is 0. The lowest BCUT2D eigenvalue weighted by Crippen LogP contribution is -2.40. The second-order valence-corrected chi connectivity index (χ2v) is 8.45. The Morgan fingerprint density at radius 1 is 1.10 bits per heavy atom. The smallest absolute Gasteiger partial charge is 0.308 e. The van der Waals surface area contributed by atoms with E-state index in [1.54, 1.807) is 0 Å². The van der Waals surface area contributed by atoms with Gasteiger partial charge in [-0.25, -0.2) is 8.42 Å². The average Bonchev–Trinajstić information content (AvgIpc) is 2.65. The molecule has 1 atom stereocenters. The molecule has 0 aromatic rings. The Bertz CT molecular complexity index is 412. The van der Waals surface area contributed by atoms with E-state index in [-0.39, 0.29) is 17.4 Å². The zero-order valence-electron chi connectivity index (χ0n) is 12.0. The molecular formula is C14H25NO4S. The van der Waals surface area contributed by atoms with Crippen LogP contribution in [0.4, 0.5) is 0 Å². The lowest BCUT2D eigenvalue weighted by Gasteiger charge is -2.31. The maximum Gasteiger partial charge on any atom is 0.308 e. The third-order valence-electron chi connectivity index (χ3n) is 4.64. The van der Waals surface area contributed by atoms with Crippen LogP contribution in [0.1, 0.15) is 38.5 Å².